The van der Waals surface area contributed by atoms with E-state index < -0.39 is 7.37 Å². The van der Waals surface area contributed by atoms with E-state index in [0.29, 0.717) is 5.56 Å². The molecule has 4 heteroatoms. The summed E-state index contributed by atoms with van der Waals surface area (Å²) >= 11 is 0. The van der Waals surface area contributed by atoms with Gasteiger partial charge in [-0.2, -0.15) is 0 Å². The van der Waals surface area contributed by atoms with Crippen LogP contribution in [0.4, 0.5) is 4.39 Å². The molecular formula is C10H12FO2P. The van der Waals surface area contributed by atoms with Crippen LogP contribution >= 0.6 is 7.37 Å². The van der Waals surface area contributed by atoms with Crippen molar-refractivity contribution in [1.82, 2.24) is 0 Å². The van der Waals surface area contributed by atoms with Gasteiger partial charge in [0.15, 0.2) is 0 Å². The third kappa shape index (κ3) is 3.09. The minimum absolute atomic E-state index is 0.165. The van der Waals surface area contributed by atoms with Crippen LogP contribution < -0.4 is 0 Å². The van der Waals surface area contributed by atoms with E-state index in [1.807, 2.05) is 0 Å². The zero-order valence-electron chi connectivity index (χ0n) is 7.85. The summed E-state index contributed by atoms with van der Waals surface area (Å²) in [7, 11) is -3.21. The second-order valence-electron chi connectivity index (χ2n) is 2.91. The molecule has 0 bridgehead atoms. The van der Waals surface area contributed by atoms with Crippen LogP contribution in [0.3, 0.4) is 0 Å². The molecule has 0 aliphatic heterocycles. The van der Waals surface area contributed by atoms with Crippen molar-refractivity contribution in [2.75, 3.05) is 6.16 Å². The molecule has 1 rings (SSSR count). The van der Waals surface area contributed by atoms with Crippen LogP contribution in [0.5, 0.6) is 0 Å². The Bertz CT molecular complexity index is 387. The topological polar surface area (TPSA) is 37.3 Å². The summed E-state index contributed by atoms with van der Waals surface area (Å²) in [6.07, 6.45) is 1.51. The van der Waals surface area contributed by atoms with Crippen LogP contribution in [-0.4, -0.2) is 11.1 Å². The molecule has 2 nitrogen and oxygen atoms in total. The third-order valence-electron chi connectivity index (χ3n) is 1.85. The number of hydrogen-bond acceptors (Lipinski definition) is 1. The minimum Gasteiger partial charge on any atom is -0.341 e. The first-order chi connectivity index (χ1) is 6.55. The number of rotatable bonds is 3. The Hall–Kier alpha value is -0.920. The second-order valence-corrected chi connectivity index (χ2v) is 5.35. The highest BCUT2D eigenvalue weighted by Gasteiger charge is 2.09. The van der Waals surface area contributed by atoms with Crippen LogP contribution in [0.25, 0.3) is 6.08 Å². The van der Waals surface area contributed by atoms with Gasteiger partial charge in [-0.05, 0) is 12.1 Å². The molecule has 1 unspecified atom stereocenters. The normalized spacial score (nSPS) is 15.6. The first-order valence-electron chi connectivity index (χ1n) is 4.30. The molecule has 0 fully saturated rings. The lowest BCUT2D eigenvalue weighted by molar-refractivity contribution is 0.490. The smallest absolute Gasteiger partial charge is 0.222 e. The maximum absolute atomic E-state index is 13.0. The van der Waals surface area contributed by atoms with Gasteiger partial charge < -0.3 is 4.89 Å². The van der Waals surface area contributed by atoms with Gasteiger partial charge in [0, 0.05) is 17.5 Å². The summed E-state index contributed by atoms with van der Waals surface area (Å²) in [5, 5.41) is 0. The van der Waals surface area contributed by atoms with E-state index in [2.05, 4.69) is 0 Å². The van der Waals surface area contributed by atoms with E-state index >= 15 is 0 Å². The molecule has 0 aliphatic rings. The van der Waals surface area contributed by atoms with Gasteiger partial charge in [-0.1, -0.05) is 25.1 Å². The third-order valence-corrected chi connectivity index (χ3v) is 3.37. The number of hydrogen-bond donors (Lipinski definition) is 1. The van der Waals surface area contributed by atoms with Crippen molar-refractivity contribution in [2.45, 2.75) is 6.92 Å². The number of halogens is 1. The van der Waals surface area contributed by atoms with Crippen molar-refractivity contribution in [3.8, 4) is 0 Å². The molecule has 0 radical (unpaired) electrons. The quantitative estimate of drug-likeness (QED) is 0.785. The molecule has 0 aromatic heterocycles. The maximum Gasteiger partial charge on any atom is 0.222 e. The van der Waals surface area contributed by atoms with Crippen LogP contribution in [0.1, 0.15) is 12.5 Å². The predicted octanol–water partition coefficient (Wildman–Crippen LogP) is 3.09. The average molecular weight is 214 g/mol. The van der Waals surface area contributed by atoms with Crippen molar-refractivity contribution >= 4 is 13.4 Å². The summed E-state index contributed by atoms with van der Waals surface area (Å²) in [6, 6.07) is 6.12. The molecule has 1 aromatic rings. The van der Waals surface area contributed by atoms with Crippen molar-refractivity contribution in [1.29, 1.82) is 0 Å². The molecule has 76 valence electrons. The first-order valence-corrected chi connectivity index (χ1v) is 6.22. The average Bonchev–Trinajstić information content (AvgIpc) is 2.17. The fourth-order valence-corrected chi connectivity index (χ4v) is 1.52. The molecular weight excluding hydrogens is 202 g/mol. The molecule has 1 aromatic carbocycles. The van der Waals surface area contributed by atoms with Crippen LogP contribution in [0, 0.1) is 5.82 Å². The Kier molecular flexibility index (Phi) is 3.62. The van der Waals surface area contributed by atoms with Crippen molar-refractivity contribution in [3.05, 3.63) is 41.5 Å². The fourth-order valence-electron chi connectivity index (χ4n) is 0.912. The lowest BCUT2D eigenvalue weighted by atomic mass is 10.2. The van der Waals surface area contributed by atoms with Gasteiger partial charge in [-0.25, -0.2) is 4.39 Å². The van der Waals surface area contributed by atoms with Gasteiger partial charge in [0.25, 0.3) is 0 Å². The standard InChI is InChI=1S/C10H12FO2P/c1-2-14(12,13)8-7-9-5-3-4-6-10(9)11/h3-8H,2H2,1H3,(H,12,13). The second kappa shape index (κ2) is 4.54. The molecule has 0 aliphatic carbocycles. The minimum atomic E-state index is -3.21. The van der Waals surface area contributed by atoms with E-state index in [4.69, 9.17) is 0 Å². The van der Waals surface area contributed by atoms with Crippen molar-refractivity contribution < 1.29 is 13.8 Å². The van der Waals surface area contributed by atoms with Crippen LogP contribution in [-0.2, 0) is 4.57 Å². The van der Waals surface area contributed by atoms with E-state index in [-0.39, 0.29) is 12.0 Å². The fraction of sp³-hybridized carbons (Fsp3) is 0.200. The van der Waals surface area contributed by atoms with Crippen molar-refractivity contribution in [3.63, 3.8) is 0 Å². The largest absolute Gasteiger partial charge is 0.341 e. The van der Waals surface area contributed by atoms with Gasteiger partial charge >= 0.3 is 0 Å². The molecule has 1 atom stereocenters. The zero-order chi connectivity index (χ0) is 10.6. The van der Waals surface area contributed by atoms with E-state index in [1.165, 1.54) is 18.0 Å². The van der Waals surface area contributed by atoms with Crippen LogP contribution in [0.2, 0.25) is 0 Å². The molecule has 0 spiro atoms. The van der Waals surface area contributed by atoms with E-state index in [1.54, 1.807) is 25.1 Å². The summed E-state index contributed by atoms with van der Waals surface area (Å²) in [6.45, 7) is 1.62. The SMILES string of the molecule is CCP(=O)(O)C=Cc1ccccc1F. The van der Waals surface area contributed by atoms with Crippen LogP contribution in [0.15, 0.2) is 30.1 Å². The Morgan fingerprint density at radius 2 is 2.14 bits per heavy atom. The first kappa shape index (κ1) is 11.2. The Balaban J connectivity index is 2.89. The highest BCUT2D eigenvalue weighted by atomic mass is 31.2. The highest BCUT2D eigenvalue weighted by molar-refractivity contribution is 7.61. The Labute approximate surface area is 82.5 Å². The Morgan fingerprint density at radius 1 is 1.50 bits per heavy atom. The highest BCUT2D eigenvalue weighted by Crippen LogP contribution is 2.42. The van der Waals surface area contributed by atoms with Gasteiger partial charge in [-0.3, -0.25) is 4.57 Å². The lowest BCUT2D eigenvalue weighted by Crippen LogP contribution is -1.81. The zero-order valence-corrected chi connectivity index (χ0v) is 8.75. The monoisotopic (exact) mass is 214 g/mol. The van der Waals surface area contributed by atoms with E-state index in [9.17, 15) is 13.8 Å². The van der Waals surface area contributed by atoms with E-state index in [0.717, 1.165) is 0 Å². The molecule has 0 saturated carbocycles. The number of benzene rings is 1. The summed E-state index contributed by atoms with van der Waals surface area (Å²) in [4.78, 5) is 9.22. The summed E-state index contributed by atoms with van der Waals surface area (Å²) in [5.41, 5.74) is 0.329. The van der Waals surface area contributed by atoms with Gasteiger partial charge in [-0.15, -0.1) is 0 Å². The Morgan fingerprint density at radius 3 is 2.71 bits per heavy atom. The molecule has 1 N–H and O–H groups in total. The van der Waals surface area contributed by atoms with Gasteiger partial charge in [0.2, 0.25) is 7.37 Å². The van der Waals surface area contributed by atoms with Crippen molar-refractivity contribution in [2.24, 2.45) is 0 Å². The summed E-state index contributed by atoms with van der Waals surface area (Å²) in [5.74, 6) is 0.783. The molecule has 0 saturated heterocycles. The molecule has 0 heterocycles. The maximum atomic E-state index is 13.0. The molecule has 14 heavy (non-hydrogen) atoms. The van der Waals surface area contributed by atoms with Gasteiger partial charge in [0.05, 0.1) is 0 Å². The summed E-state index contributed by atoms with van der Waals surface area (Å²) < 4.78 is 24.3. The lowest BCUT2D eigenvalue weighted by Gasteiger charge is -2.01. The predicted molar refractivity (Wildman–Crippen MR) is 55.8 cm³/mol. The van der Waals surface area contributed by atoms with Gasteiger partial charge in [0.1, 0.15) is 5.82 Å². The molecule has 0 amide bonds.